The standard InChI is InChI=1S/C15H27N5/c1-5-20-8-6-14(7-9-20)19(4)15-17-11-13(10-16-3)12(2)18-15/h11,14,16H,5-10H2,1-4H3. The van der Waals surface area contributed by atoms with E-state index in [4.69, 9.17) is 0 Å². The lowest BCUT2D eigenvalue weighted by Crippen LogP contribution is -2.43. The summed E-state index contributed by atoms with van der Waals surface area (Å²) in [6.45, 7) is 8.64. The summed E-state index contributed by atoms with van der Waals surface area (Å²) in [7, 11) is 4.07. The molecule has 5 heteroatoms. The summed E-state index contributed by atoms with van der Waals surface area (Å²) < 4.78 is 0. The lowest BCUT2D eigenvalue weighted by atomic mass is 10.0. The van der Waals surface area contributed by atoms with E-state index in [-0.39, 0.29) is 0 Å². The van der Waals surface area contributed by atoms with Crippen LogP contribution < -0.4 is 10.2 Å². The number of hydrogen-bond acceptors (Lipinski definition) is 5. The highest BCUT2D eigenvalue weighted by Gasteiger charge is 2.23. The molecule has 0 spiro atoms. The number of nitrogens with one attached hydrogen (secondary N) is 1. The van der Waals surface area contributed by atoms with E-state index in [1.54, 1.807) is 0 Å². The van der Waals surface area contributed by atoms with Crippen molar-refractivity contribution in [3.05, 3.63) is 17.5 Å². The van der Waals surface area contributed by atoms with Crippen molar-refractivity contribution >= 4 is 5.95 Å². The van der Waals surface area contributed by atoms with Gasteiger partial charge in [0.05, 0.1) is 0 Å². The molecule has 2 rings (SSSR count). The third-order valence-electron chi connectivity index (χ3n) is 4.30. The van der Waals surface area contributed by atoms with Crippen molar-refractivity contribution in [1.82, 2.24) is 20.2 Å². The number of piperidine rings is 1. The third-order valence-corrected chi connectivity index (χ3v) is 4.30. The molecule has 112 valence electrons. The summed E-state index contributed by atoms with van der Waals surface area (Å²) in [5, 5.41) is 3.15. The molecule has 1 saturated heterocycles. The van der Waals surface area contributed by atoms with E-state index < -0.39 is 0 Å². The summed E-state index contributed by atoms with van der Waals surface area (Å²) in [5.74, 6) is 0.859. The van der Waals surface area contributed by atoms with Crippen molar-refractivity contribution in [2.45, 2.75) is 39.3 Å². The van der Waals surface area contributed by atoms with Crippen LogP contribution in [-0.4, -0.2) is 54.6 Å². The molecule has 1 aliphatic heterocycles. The van der Waals surface area contributed by atoms with E-state index in [2.05, 4.69) is 46.0 Å². The average Bonchev–Trinajstić information content (AvgIpc) is 2.49. The molecule has 1 fully saturated rings. The Labute approximate surface area is 122 Å². The second-order valence-electron chi connectivity index (χ2n) is 5.59. The third kappa shape index (κ3) is 3.46. The first-order valence-electron chi connectivity index (χ1n) is 7.58. The van der Waals surface area contributed by atoms with Gasteiger partial charge in [0.15, 0.2) is 0 Å². The zero-order chi connectivity index (χ0) is 14.5. The number of nitrogens with zero attached hydrogens (tertiary/aromatic N) is 4. The van der Waals surface area contributed by atoms with Gasteiger partial charge in [0.1, 0.15) is 0 Å². The number of aromatic nitrogens is 2. The Morgan fingerprint density at radius 1 is 1.40 bits per heavy atom. The molecule has 1 aromatic heterocycles. The molecule has 2 heterocycles. The van der Waals surface area contributed by atoms with Gasteiger partial charge in [0.25, 0.3) is 0 Å². The number of rotatable bonds is 5. The molecular formula is C15H27N5. The Morgan fingerprint density at radius 3 is 2.65 bits per heavy atom. The Morgan fingerprint density at radius 2 is 2.10 bits per heavy atom. The van der Waals surface area contributed by atoms with Gasteiger partial charge >= 0.3 is 0 Å². The first-order chi connectivity index (χ1) is 9.65. The predicted molar refractivity (Wildman–Crippen MR) is 83.1 cm³/mol. The Kier molecular flexibility index (Phi) is 5.31. The van der Waals surface area contributed by atoms with E-state index in [0.717, 1.165) is 24.7 Å². The largest absolute Gasteiger partial charge is 0.341 e. The highest BCUT2D eigenvalue weighted by molar-refractivity contribution is 5.33. The molecule has 0 radical (unpaired) electrons. The smallest absolute Gasteiger partial charge is 0.225 e. The summed E-state index contributed by atoms with van der Waals surface area (Å²) in [5.41, 5.74) is 2.24. The first kappa shape index (κ1) is 15.2. The molecule has 0 unspecified atom stereocenters. The van der Waals surface area contributed by atoms with Crippen LogP contribution in [0.3, 0.4) is 0 Å². The van der Waals surface area contributed by atoms with E-state index >= 15 is 0 Å². The summed E-state index contributed by atoms with van der Waals surface area (Å²) in [6, 6.07) is 0.562. The van der Waals surface area contributed by atoms with Crippen LogP contribution in [0.4, 0.5) is 5.95 Å². The molecule has 0 aliphatic carbocycles. The minimum atomic E-state index is 0.562. The lowest BCUT2D eigenvalue weighted by molar-refractivity contribution is 0.220. The fourth-order valence-corrected chi connectivity index (χ4v) is 2.80. The Balaban J connectivity index is 2.02. The number of likely N-dealkylation sites (tertiary alicyclic amines) is 1. The monoisotopic (exact) mass is 277 g/mol. The quantitative estimate of drug-likeness (QED) is 0.882. The topological polar surface area (TPSA) is 44.3 Å². The molecule has 1 N–H and O–H groups in total. The van der Waals surface area contributed by atoms with E-state index in [0.29, 0.717) is 6.04 Å². The van der Waals surface area contributed by atoms with E-state index in [1.165, 1.54) is 31.5 Å². The number of anilines is 1. The van der Waals surface area contributed by atoms with Gasteiger partial charge in [-0.25, -0.2) is 9.97 Å². The minimum Gasteiger partial charge on any atom is -0.341 e. The van der Waals surface area contributed by atoms with Crippen LogP contribution in [0, 0.1) is 6.92 Å². The zero-order valence-corrected chi connectivity index (χ0v) is 13.2. The Hall–Kier alpha value is -1.20. The molecular weight excluding hydrogens is 250 g/mol. The fraction of sp³-hybridized carbons (Fsp3) is 0.733. The first-order valence-corrected chi connectivity index (χ1v) is 7.58. The highest BCUT2D eigenvalue weighted by Crippen LogP contribution is 2.19. The van der Waals surface area contributed by atoms with Crippen molar-refractivity contribution < 1.29 is 0 Å². The molecule has 20 heavy (non-hydrogen) atoms. The summed E-state index contributed by atoms with van der Waals surface area (Å²) >= 11 is 0. The lowest BCUT2D eigenvalue weighted by Gasteiger charge is -2.36. The fourth-order valence-electron chi connectivity index (χ4n) is 2.80. The molecule has 0 bridgehead atoms. The van der Waals surface area contributed by atoms with Crippen molar-refractivity contribution in [1.29, 1.82) is 0 Å². The van der Waals surface area contributed by atoms with Gasteiger partial charge in [-0.3, -0.25) is 0 Å². The molecule has 0 amide bonds. The van der Waals surface area contributed by atoms with E-state index in [1.807, 2.05) is 13.2 Å². The van der Waals surface area contributed by atoms with Gasteiger partial charge < -0.3 is 15.1 Å². The van der Waals surface area contributed by atoms with Crippen molar-refractivity contribution in [3.63, 3.8) is 0 Å². The van der Waals surface area contributed by atoms with Gasteiger partial charge in [-0.15, -0.1) is 0 Å². The maximum Gasteiger partial charge on any atom is 0.225 e. The predicted octanol–water partition coefficient (Wildman–Crippen LogP) is 1.42. The van der Waals surface area contributed by atoms with Gasteiger partial charge in [-0.1, -0.05) is 6.92 Å². The van der Waals surface area contributed by atoms with Crippen LogP contribution in [0.1, 0.15) is 31.0 Å². The van der Waals surface area contributed by atoms with Crippen LogP contribution >= 0.6 is 0 Å². The van der Waals surface area contributed by atoms with Gasteiger partial charge in [0.2, 0.25) is 5.95 Å². The molecule has 1 aliphatic rings. The summed E-state index contributed by atoms with van der Waals surface area (Å²) in [4.78, 5) is 14.0. The summed E-state index contributed by atoms with van der Waals surface area (Å²) in [6.07, 6.45) is 4.35. The van der Waals surface area contributed by atoms with Crippen LogP contribution in [0.15, 0.2) is 6.20 Å². The average molecular weight is 277 g/mol. The molecule has 5 nitrogen and oxygen atoms in total. The van der Waals surface area contributed by atoms with E-state index in [9.17, 15) is 0 Å². The zero-order valence-electron chi connectivity index (χ0n) is 13.2. The van der Waals surface area contributed by atoms with Crippen LogP contribution in [0.5, 0.6) is 0 Å². The van der Waals surface area contributed by atoms with Crippen molar-refractivity contribution in [2.24, 2.45) is 0 Å². The number of hydrogen-bond donors (Lipinski definition) is 1. The highest BCUT2D eigenvalue weighted by atomic mass is 15.3. The Bertz CT molecular complexity index is 426. The SMILES string of the molecule is CCN1CCC(N(C)c2ncc(CNC)c(C)n2)CC1. The van der Waals surface area contributed by atoms with Crippen LogP contribution in [0.25, 0.3) is 0 Å². The molecule has 0 atom stereocenters. The molecule has 0 saturated carbocycles. The second kappa shape index (κ2) is 6.99. The molecule has 1 aromatic rings. The van der Waals surface area contributed by atoms with Gasteiger partial charge in [-0.05, 0) is 33.4 Å². The second-order valence-corrected chi connectivity index (χ2v) is 5.59. The van der Waals surface area contributed by atoms with Crippen LogP contribution in [-0.2, 0) is 6.54 Å². The minimum absolute atomic E-state index is 0.562. The van der Waals surface area contributed by atoms with Crippen molar-refractivity contribution in [3.8, 4) is 0 Å². The van der Waals surface area contributed by atoms with Crippen LogP contribution in [0.2, 0.25) is 0 Å². The maximum atomic E-state index is 4.67. The van der Waals surface area contributed by atoms with Gasteiger partial charge in [0, 0.05) is 50.2 Å². The normalized spacial score (nSPS) is 17.4. The molecule has 0 aromatic carbocycles. The van der Waals surface area contributed by atoms with Crippen molar-refractivity contribution in [2.75, 3.05) is 38.6 Å². The van der Waals surface area contributed by atoms with Gasteiger partial charge in [-0.2, -0.15) is 0 Å². The number of aryl methyl sites for hydroxylation is 1. The maximum absolute atomic E-state index is 4.67.